The summed E-state index contributed by atoms with van der Waals surface area (Å²) in [5, 5.41) is 0.221. The van der Waals surface area contributed by atoms with Crippen LogP contribution in [0.5, 0.6) is 5.75 Å². The van der Waals surface area contributed by atoms with Gasteiger partial charge >= 0.3 is 5.97 Å². The Morgan fingerprint density at radius 1 is 1.10 bits per heavy atom. The Bertz CT molecular complexity index is 868. The third-order valence-electron chi connectivity index (χ3n) is 4.84. The Balaban J connectivity index is 1.49. The number of piperazine rings is 1. The second-order valence-electron chi connectivity index (χ2n) is 6.79. The molecule has 1 amide bonds. The Labute approximate surface area is 174 Å². The van der Waals surface area contributed by atoms with Gasteiger partial charge in [0.25, 0.3) is 5.91 Å². The molecule has 3 rings (SSSR count). The lowest BCUT2D eigenvalue weighted by molar-refractivity contribution is -0.136. The Morgan fingerprint density at radius 2 is 1.79 bits per heavy atom. The molecule has 0 saturated carbocycles. The van der Waals surface area contributed by atoms with E-state index < -0.39 is 5.97 Å². The number of nitrogens with zero attached hydrogens (tertiary/aromatic N) is 2. The van der Waals surface area contributed by atoms with E-state index in [0.29, 0.717) is 18.8 Å². The van der Waals surface area contributed by atoms with Gasteiger partial charge in [0.1, 0.15) is 11.3 Å². The van der Waals surface area contributed by atoms with Crippen molar-refractivity contribution in [2.24, 2.45) is 0 Å². The topological polar surface area (TPSA) is 85.1 Å². The first-order valence-electron chi connectivity index (χ1n) is 9.32. The van der Waals surface area contributed by atoms with Crippen molar-refractivity contribution in [3.63, 3.8) is 0 Å². The number of halogens is 1. The number of esters is 1. The van der Waals surface area contributed by atoms with Gasteiger partial charge in [-0.1, -0.05) is 41.9 Å². The van der Waals surface area contributed by atoms with Gasteiger partial charge in [-0.15, -0.1) is 0 Å². The average molecular weight is 418 g/mol. The second-order valence-corrected chi connectivity index (χ2v) is 7.20. The highest BCUT2D eigenvalue weighted by atomic mass is 35.5. The number of hydrogen-bond donors (Lipinski definition) is 1. The maximum Gasteiger partial charge on any atom is 0.342 e. The maximum absolute atomic E-state index is 12.4. The fourth-order valence-electron chi connectivity index (χ4n) is 3.19. The third-order valence-corrected chi connectivity index (χ3v) is 5.17. The summed E-state index contributed by atoms with van der Waals surface area (Å²) >= 11 is 5.97. The fraction of sp³-hybridized carbons (Fsp3) is 0.333. The van der Waals surface area contributed by atoms with Crippen molar-refractivity contribution in [2.75, 3.05) is 45.6 Å². The number of benzene rings is 2. The molecular weight excluding hydrogens is 394 g/mol. The SMILES string of the molecule is COc1cc(N)c(Cl)cc1C(=O)OCC(=O)N1CCN(Cc2ccccc2)CC1. The van der Waals surface area contributed by atoms with Gasteiger partial charge < -0.3 is 20.1 Å². The molecule has 8 heteroatoms. The number of methoxy groups -OCH3 is 1. The smallest absolute Gasteiger partial charge is 0.342 e. The van der Waals surface area contributed by atoms with Crippen LogP contribution in [0.2, 0.25) is 5.02 Å². The van der Waals surface area contributed by atoms with Crippen molar-refractivity contribution in [1.82, 2.24) is 9.80 Å². The summed E-state index contributed by atoms with van der Waals surface area (Å²) in [6, 6.07) is 13.1. The summed E-state index contributed by atoms with van der Waals surface area (Å²) in [7, 11) is 1.42. The average Bonchev–Trinajstić information content (AvgIpc) is 2.74. The van der Waals surface area contributed by atoms with Crippen molar-refractivity contribution in [3.05, 3.63) is 58.6 Å². The maximum atomic E-state index is 12.4. The van der Waals surface area contributed by atoms with Crippen molar-refractivity contribution in [2.45, 2.75) is 6.54 Å². The molecule has 0 radical (unpaired) electrons. The van der Waals surface area contributed by atoms with Crippen LogP contribution in [-0.4, -0.2) is 61.6 Å². The lowest BCUT2D eigenvalue weighted by Crippen LogP contribution is -2.49. The molecule has 1 aliphatic rings. The molecule has 7 nitrogen and oxygen atoms in total. The van der Waals surface area contributed by atoms with Crippen LogP contribution >= 0.6 is 11.6 Å². The predicted molar refractivity (Wildman–Crippen MR) is 111 cm³/mol. The minimum Gasteiger partial charge on any atom is -0.496 e. The van der Waals surface area contributed by atoms with Gasteiger partial charge in [-0.3, -0.25) is 9.69 Å². The summed E-state index contributed by atoms with van der Waals surface area (Å²) < 4.78 is 10.3. The first-order valence-corrected chi connectivity index (χ1v) is 9.70. The van der Waals surface area contributed by atoms with Crippen molar-refractivity contribution < 1.29 is 19.1 Å². The van der Waals surface area contributed by atoms with Gasteiger partial charge in [0, 0.05) is 38.8 Å². The molecule has 2 N–H and O–H groups in total. The van der Waals surface area contributed by atoms with Crippen LogP contribution in [-0.2, 0) is 16.1 Å². The zero-order valence-corrected chi connectivity index (χ0v) is 17.0. The van der Waals surface area contributed by atoms with E-state index in [1.807, 2.05) is 18.2 Å². The predicted octanol–water partition coefficient (Wildman–Crippen LogP) is 2.43. The fourth-order valence-corrected chi connectivity index (χ4v) is 3.35. The summed E-state index contributed by atoms with van der Waals surface area (Å²) in [4.78, 5) is 28.8. The number of amides is 1. The van der Waals surface area contributed by atoms with Crippen LogP contribution in [0.4, 0.5) is 5.69 Å². The van der Waals surface area contributed by atoms with Gasteiger partial charge in [0.2, 0.25) is 0 Å². The number of nitrogen functional groups attached to an aromatic ring is 1. The van der Waals surface area contributed by atoms with E-state index >= 15 is 0 Å². The summed E-state index contributed by atoms with van der Waals surface area (Å²) in [6.45, 7) is 3.27. The second kappa shape index (κ2) is 9.62. The molecule has 0 bridgehead atoms. The molecular formula is C21H24ClN3O4. The molecule has 154 valence electrons. The molecule has 2 aromatic rings. The minimum absolute atomic E-state index is 0.132. The van der Waals surface area contributed by atoms with E-state index in [2.05, 4.69) is 17.0 Å². The first-order chi connectivity index (χ1) is 14.0. The van der Waals surface area contributed by atoms with Crippen LogP contribution in [0.15, 0.2) is 42.5 Å². The van der Waals surface area contributed by atoms with Crippen LogP contribution in [0.25, 0.3) is 0 Å². The van der Waals surface area contributed by atoms with Crippen LogP contribution in [0.1, 0.15) is 15.9 Å². The van der Waals surface area contributed by atoms with Gasteiger partial charge in [0.15, 0.2) is 6.61 Å². The van der Waals surface area contributed by atoms with Crippen LogP contribution in [0.3, 0.4) is 0 Å². The molecule has 0 aromatic heterocycles. The van der Waals surface area contributed by atoms with E-state index in [9.17, 15) is 9.59 Å². The lowest BCUT2D eigenvalue weighted by Gasteiger charge is -2.34. The molecule has 29 heavy (non-hydrogen) atoms. The summed E-state index contributed by atoms with van der Waals surface area (Å²) in [5.41, 5.74) is 7.39. The highest BCUT2D eigenvalue weighted by Crippen LogP contribution is 2.29. The van der Waals surface area contributed by atoms with Gasteiger partial charge in [-0.25, -0.2) is 4.79 Å². The normalized spacial score (nSPS) is 14.5. The van der Waals surface area contributed by atoms with Gasteiger partial charge in [-0.2, -0.15) is 0 Å². The third kappa shape index (κ3) is 5.40. The Morgan fingerprint density at radius 3 is 2.45 bits per heavy atom. The quantitative estimate of drug-likeness (QED) is 0.574. The number of carbonyl (C=O) groups is 2. The summed E-state index contributed by atoms with van der Waals surface area (Å²) in [5.74, 6) is -0.656. The Kier molecular flexibility index (Phi) is 6.95. The van der Waals surface area contributed by atoms with Gasteiger partial charge in [-0.05, 0) is 11.6 Å². The van der Waals surface area contributed by atoms with E-state index in [0.717, 1.165) is 19.6 Å². The molecule has 0 unspecified atom stereocenters. The molecule has 0 aliphatic carbocycles. The zero-order chi connectivity index (χ0) is 20.8. The van der Waals surface area contributed by atoms with Gasteiger partial charge in [0.05, 0.1) is 17.8 Å². The van der Waals surface area contributed by atoms with E-state index in [-0.39, 0.29) is 28.8 Å². The van der Waals surface area contributed by atoms with Crippen molar-refractivity contribution in [1.29, 1.82) is 0 Å². The van der Waals surface area contributed by atoms with Crippen molar-refractivity contribution in [3.8, 4) is 5.75 Å². The standard InChI is InChI=1S/C21H24ClN3O4/c1-28-19-12-18(23)17(22)11-16(19)21(27)29-14-20(26)25-9-7-24(8-10-25)13-15-5-3-2-4-6-15/h2-6,11-12H,7-10,13-14,23H2,1H3. The molecule has 0 atom stereocenters. The molecule has 2 aromatic carbocycles. The number of anilines is 1. The van der Waals surface area contributed by atoms with E-state index in [1.54, 1.807) is 4.90 Å². The number of carbonyl (C=O) groups excluding carboxylic acids is 2. The largest absolute Gasteiger partial charge is 0.496 e. The minimum atomic E-state index is -0.681. The number of rotatable bonds is 6. The highest BCUT2D eigenvalue weighted by Gasteiger charge is 2.23. The van der Waals surface area contributed by atoms with Crippen LogP contribution < -0.4 is 10.5 Å². The molecule has 1 fully saturated rings. The van der Waals surface area contributed by atoms with Crippen LogP contribution in [0, 0.1) is 0 Å². The van der Waals surface area contributed by atoms with E-state index in [4.69, 9.17) is 26.8 Å². The monoisotopic (exact) mass is 417 g/mol. The number of ether oxygens (including phenoxy) is 2. The van der Waals surface area contributed by atoms with E-state index in [1.165, 1.54) is 24.8 Å². The zero-order valence-electron chi connectivity index (χ0n) is 16.3. The molecule has 0 spiro atoms. The lowest BCUT2D eigenvalue weighted by atomic mass is 10.2. The first kappa shape index (κ1) is 21.0. The Hall–Kier alpha value is -2.77. The highest BCUT2D eigenvalue weighted by molar-refractivity contribution is 6.33. The number of hydrogen-bond acceptors (Lipinski definition) is 6. The van der Waals surface area contributed by atoms with Crippen molar-refractivity contribution >= 4 is 29.2 Å². The summed E-state index contributed by atoms with van der Waals surface area (Å²) in [6.07, 6.45) is 0. The molecule has 1 heterocycles. The molecule has 1 aliphatic heterocycles. The number of nitrogens with two attached hydrogens (primary N) is 1. The molecule has 1 saturated heterocycles.